The molecule has 0 amide bonds. The van der Waals surface area contributed by atoms with Crippen molar-refractivity contribution in [2.45, 2.75) is 125 Å². The second-order valence-corrected chi connectivity index (χ2v) is 18.3. The summed E-state index contributed by atoms with van der Waals surface area (Å²) in [5.74, 6) is -0.625. The Morgan fingerprint density at radius 2 is 0.409 bits per heavy atom. The molecule has 7 nitrogen and oxygen atoms in total. The van der Waals surface area contributed by atoms with Crippen LogP contribution in [-0.4, -0.2) is 51.4 Å². The van der Waals surface area contributed by atoms with Gasteiger partial charge in [-0.15, -0.1) is 0 Å². The van der Waals surface area contributed by atoms with Gasteiger partial charge in [0.25, 0.3) is 0 Å². The summed E-state index contributed by atoms with van der Waals surface area (Å²) in [7, 11) is -0.611. The van der Waals surface area contributed by atoms with E-state index in [-0.39, 0.29) is 72.0 Å². The first kappa shape index (κ1) is 52.6. The van der Waals surface area contributed by atoms with Crippen molar-refractivity contribution in [3.63, 3.8) is 0 Å². The van der Waals surface area contributed by atoms with E-state index in [2.05, 4.69) is 0 Å². The van der Waals surface area contributed by atoms with Crippen LogP contribution in [0.5, 0.6) is 0 Å². The van der Waals surface area contributed by atoms with E-state index < -0.39 is 43.3 Å². The fourth-order valence-electron chi connectivity index (χ4n) is 1.66. The van der Waals surface area contributed by atoms with E-state index in [1.807, 2.05) is 125 Å². The zero-order chi connectivity index (χ0) is 36.2. The molecule has 44 heavy (non-hydrogen) atoms. The van der Waals surface area contributed by atoms with E-state index in [1.54, 1.807) is 12.5 Å². The predicted molar refractivity (Wildman–Crippen MR) is 180 cm³/mol. The Labute approximate surface area is 302 Å². The second-order valence-electron chi connectivity index (χ2n) is 16.9. The first-order valence-corrected chi connectivity index (χ1v) is 16.4. The molecule has 0 aromatic heterocycles. The maximum Gasteiger partial charge on any atom is 3.00 e. The zero-order valence-electron chi connectivity index (χ0n) is 31.3. The maximum atomic E-state index is 11.4. The molecule has 0 aromatic carbocycles. The van der Waals surface area contributed by atoms with Crippen LogP contribution in [-0.2, 0) is 39.6 Å². The van der Waals surface area contributed by atoms with Crippen LogP contribution in [0.1, 0.15) is 125 Å². The van der Waals surface area contributed by atoms with Crippen molar-refractivity contribution in [2.75, 3.05) is 12.5 Å². The third kappa shape index (κ3) is 29.7. The number of ketones is 6. The topological polar surface area (TPSA) is 119 Å². The molecule has 0 fully saturated rings. The molecule has 263 valence electrons. The van der Waals surface area contributed by atoms with Crippen molar-refractivity contribution < 1.29 is 70.3 Å². The first-order valence-electron chi connectivity index (χ1n) is 14.4. The molecule has 0 spiro atoms. The van der Waals surface area contributed by atoms with Gasteiger partial charge in [0.2, 0.25) is 0 Å². The third-order valence-corrected chi connectivity index (χ3v) is 5.22. The molecule has 0 aromatic rings. The Morgan fingerprint density at radius 3 is 0.455 bits per heavy atom. The van der Waals surface area contributed by atoms with Gasteiger partial charge >= 0.3 is 37.3 Å². The molecule has 0 bridgehead atoms. The van der Waals surface area contributed by atoms with Crippen LogP contribution in [0.15, 0.2) is 0 Å². The van der Waals surface area contributed by atoms with E-state index in [4.69, 9.17) is 0 Å². The van der Waals surface area contributed by atoms with Crippen molar-refractivity contribution >= 4 is 45.5 Å². The summed E-state index contributed by atoms with van der Waals surface area (Å²) in [5, 5.41) is 0. The SMILES string of the molecule is CC(C)(C)C(=O)[CH-]C(=O)C(C)(C)C.CC(C)(C)C(=O)[CH-]C(=O)C(C)(C)C.CC(C)(C)C(=O)[CH-]C(=O)C(C)(C)C.CS(C)=O.[Er+3]. The number of carbonyl (C=O) groups is 6. The largest absolute Gasteiger partial charge is 3.00 e. The van der Waals surface area contributed by atoms with Crippen molar-refractivity contribution in [3.05, 3.63) is 19.3 Å². The Morgan fingerprint density at radius 1 is 0.341 bits per heavy atom. The summed E-state index contributed by atoms with van der Waals surface area (Å²) in [6.07, 6.45) is 6.94. The summed E-state index contributed by atoms with van der Waals surface area (Å²) in [6, 6.07) is 0. The molecule has 0 rings (SSSR count). The Balaban J connectivity index is -0.000000161. The quantitative estimate of drug-likeness (QED) is 0.205. The molecular weight excluding hydrogens is 732 g/mol. The van der Waals surface area contributed by atoms with Crippen LogP contribution < -0.4 is 0 Å². The molecule has 1 radical (unpaired) electrons. The summed E-state index contributed by atoms with van der Waals surface area (Å²) in [6.45, 7) is 32.5. The molecule has 0 aliphatic heterocycles. The van der Waals surface area contributed by atoms with Crippen molar-refractivity contribution in [1.29, 1.82) is 0 Å². The van der Waals surface area contributed by atoms with E-state index in [1.165, 1.54) is 19.3 Å². The smallest absolute Gasteiger partial charge is 0.333 e. The van der Waals surface area contributed by atoms with E-state index in [9.17, 15) is 33.0 Å². The molecular formula is C35H63ErO7S. The van der Waals surface area contributed by atoms with Gasteiger partial charge in [0.05, 0.1) is 0 Å². The third-order valence-electron chi connectivity index (χ3n) is 5.22. The minimum Gasteiger partial charge on any atom is -0.333 e. The van der Waals surface area contributed by atoms with Crippen LogP contribution in [0.3, 0.4) is 0 Å². The van der Waals surface area contributed by atoms with Crippen molar-refractivity contribution in [3.8, 4) is 0 Å². The fourth-order valence-corrected chi connectivity index (χ4v) is 1.66. The average molecular weight is 795 g/mol. The minimum atomic E-state index is -0.611. The van der Waals surface area contributed by atoms with Gasteiger partial charge in [0, 0.05) is 58.0 Å². The monoisotopic (exact) mass is 793 g/mol. The standard InChI is InChI=1S/3C11H19O2.C2H6OS.Er/c3*1-10(2,3)8(12)7-9(13)11(4,5)6;1-4(2)3;/h3*7H,1-6H3;1-2H3;/q3*-1;;+3. The number of hydrogen-bond acceptors (Lipinski definition) is 7. The van der Waals surface area contributed by atoms with E-state index in [0.29, 0.717) is 0 Å². The Kier molecular flexibility index (Phi) is 24.3. The number of carbonyl (C=O) groups excluding carboxylic acids is 6. The summed E-state index contributed by atoms with van der Waals surface area (Å²) >= 11 is 0. The molecule has 0 atom stereocenters. The van der Waals surface area contributed by atoms with Gasteiger partial charge in [-0.2, -0.15) is 0 Å². The zero-order valence-corrected chi connectivity index (χ0v) is 34.0. The van der Waals surface area contributed by atoms with Crippen LogP contribution in [0.25, 0.3) is 0 Å². The van der Waals surface area contributed by atoms with Gasteiger partial charge in [-0.1, -0.05) is 125 Å². The first-order chi connectivity index (χ1) is 18.4. The summed E-state index contributed by atoms with van der Waals surface area (Å²) in [5.41, 5.74) is -2.74. The summed E-state index contributed by atoms with van der Waals surface area (Å²) in [4.78, 5) is 68.7. The minimum absolute atomic E-state index is 0. The summed E-state index contributed by atoms with van der Waals surface area (Å²) < 4.78 is 9.56. The van der Waals surface area contributed by atoms with Crippen LogP contribution in [0.4, 0.5) is 0 Å². The van der Waals surface area contributed by atoms with Crippen LogP contribution in [0, 0.1) is 89.1 Å². The maximum absolute atomic E-state index is 11.4. The predicted octanol–water partition coefficient (Wildman–Crippen LogP) is 7.26. The average Bonchev–Trinajstić information content (AvgIpc) is 2.69. The van der Waals surface area contributed by atoms with E-state index in [0.717, 1.165) is 0 Å². The molecule has 0 heterocycles. The van der Waals surface area contributed by atoms with Gasteiger partial charge in [-0.25, -0.2) is 0 Å². The molecule has 0 aliphatic rings. The number of rotatable bonds is 6. The van der Waals surface area contributed by atoms with Gasteiger partial charge in [0.15, 0.2) is 0 Å². The fraction of sp³-hybridized carbons (Fsp3) is 0.743. The molecule has 0 unspecified atom stereocenters. The molecule has 0 saturated heterocycles. The second kappa shape index (κ2) is 20.3. The molecule has 0 saturated carbocycles. The van der Waals surface area contributed by atoms with Crippen molar-refractivity contribution in [2.24, 2.45) is 32.5 Å². The van der Waals surface area contributed by atoms with Gasteiger partial charge in [-0.3, -0.25) is 23.5 Å². The number of Topliss-reactive ketones (excluding diaryl/α,β-unsaturated/α-hetero) is 6. The normalized spacial score (nSPS) is 11.8. The van der Waals surface area contributed by atoms with Crippen molar-refractivity contribution in [1.82, 2.24) is 0 Å². The van der Waals surface area contributed by atoms with Gasteiger partial charge in [0.1, 0.15) is 0 Å². The Bertz CT molecular complexity index is 788. The van der Waals surface area contributed by atoms with E-state index >= 15 is 0 Å². The molecule has 0 aliphatic carbocycles. The van der Waals surface area contributed by atoms with Gasteiger partial charge in [-0.05, 0) is 32.5 Å². The Hall–Kier alpha value is -0.973. The van der Waals surface area contributed by atoms with Crippen LogP contribution in [0.2, 0.25) is 0 Å². The van der Waals surface area contributed by atoms with Crippen LogP contribution >= 0.6 is 0 Å². The number of hydrogen-bond donors (Lipinski definition) is 0. The molecule has 0 N–H and O–H groups in total. The van der Waals surface area contributed by atoms with Gasteiger partial charge < -0.3 is 28.8 Å². The molecule has 9 heteroatoms.